The summed E-state index contributed by atoms with van der Waals surface area (Å²) in [6, 6.07) is 6.34. The molecule has 0 spiro atoms. The Balaban J connectivity index is 2.82. The SMILES string of the molecule is CCc1c(O[Si](C)(C)C(C)(C)C)c(-c2ccccc2F)oc(=O)c1CC. The van der Waals surface area contributed by atoms with E-state index in [1.54, 1.807) is 18.2 Å². The van der Waals surface area contributed by atoms with Crippen LogP contribution >= 0.6 is 0 Å². The third kappa shape index (κ3) is 3.77. The monoisotopic (exact) mass is 376 g/mol. The minimum atomic E-state index is -2.21. The lowest BCUT2D eigenvalue weighted by Crippen LogP contribution is -2.44. The molecule has 2 aromatic rings. The Bertz CT molecular complexity index is 847. The molecule has 0 saturated carbocycles. The van der Waals surface area contributed by atoms with Gasteiger partial charge in [-0.2, -0.15) is 0 Å². The van der Waals surface area contributed by atoms with E-state index in [9.17, 15) is 9.18 Å². The summed E-state index contributed by atoms with van der Waals surface area (Å²) < 4.78 is 26.6. The minimum absolute atomic E-state index is 0.0347. The molecule has 0 fully saturated rings. The Morgan fingerprint density at radius 1 is 1.08 bits per heavy atom. The molecule has 0 atom stereocenters. The predicted molar refractivity (Wildman–Crippen MR) is 107 cm³/mol. The molecule has 26 heavy (non-hydrogen) atoms. The molecule has 0 radical (unpaired) electrons. The molecular formula is C21H29FO3Si. The van der Waals surface area contributed by atoms with Crippen molar-refractivity contribution in [2.45, 2.75) is 65.6 Å². The number of rotatable bonds is 5. The van der Waals surface area contributed by atoms with Crippen LogP contribution in [0.1, 0.15) is 45.7 Å². The first-order valence-corrected chi connectivity index (χ1v) is 12.1. The smallest absolute Gasteiger partial charge is 0.339 e. The van der Waals surface area contributed by atoms with E-state index in [2.05, 4.69) is 33.9 Å². The van der Waals surface area contributed by atoms with Crippen molar-refractivity contribution in [3.05, 3.63) is 51.6 Å². The van der Waals surface area contributed by atoms with Crippen LogP contribution in [0, 0.1) is 5.82 Å². The quantitative estimate of drug-likeness (QED) is 0.605. The van der Waals surface area contributed by atoms with Crippen molar-refractivity contribution < 1.29 is 13.2 Å². The van der Waals surface area contributed by atoms with Crippen LogP contribution in [0.3, 0.4) is 0 Å². The zero-order valence-corrected chi connectivity index (χ0v) is 17.8. The summed E-state index contributed by atoms with van der Waals surface area (Å²) in [7, 11) is -2.21. The van der Waals surface area contributed by atoms with Crippen molar-refractivity contribution in [2.75, 3.05) is 0 Å². The Morgan fingerprint density at radius 2 is 1.65 bits per heavy atom. The lowest BCUT2D eigenvalue weighted by Gasteiger charge is -2.37. The molecule has 0 aliphatic rings. The van der Waals surface area contributed by atoms with Crippen molar-refractivity contribution in [3.63, 3.8) is 0 Å². The van der Waals surface area contributed by atoms with Gasteiger partial charge < -0.3 is 8.84 Å². The van der Waals surface area contributed by atoms with Crippen LogP contribution in [0.2, 0.25) is 18.1 Å². The minimum Gasteiger partial charge on any atom is -0.541 e. The maximum atomic E-state index is 14.5. The molecule has 1 aromatic carbocycles. The van der Waals surface area contributed by atoms with Gasteiger partial charge in [0.1, 0.15) is 5.82 Å². The second-order valence-corrected chi connectivity index (χ2v) is 12.8. The fourth-order valence-electron chi connectivity index (χ4n) is 2.67. The molecule has 3 nitrogen and oxygen atoms in total. The summed E-state index contributed by atoms with van der Waals surface area (Å²) in [5, 5.41) is -0.0347. The summed E-state index contributed by atoms with van der Waals surface area (Å²) >= 11 is 0. The second kappa shape index (κ2) is 7.39. The van der Waals surface area contributed by atoms with E-state index in [-0.39, 0.29) is 16.4 Å². The fraction of sp³-hybridized carbons (Fsp3) is 0.476. The molecule has 0 aliphatic carbocycles. The van der Waals surface area contributed by atoms with E-state index in [4.69, 9.17) is 8.84 Å². The van der Waals surface area contributed by atoms with Crippen molar-refractivity contribution in [1.29, 1.82) is 0 Å². The summed E-state index contributed by atoms with van der Waals surface area (Å²) in [5.74, 6) is 0.301. The Morgan fingerprint density at radius 3 is 2.15 bits per heavy atom. The molecular weight excluding hydrogens is 347 g/mol. The third-order valence-electron chi connectivity index (χ3n) is 5.27. The van der Waals surface area contributed by atoms with E-state index in [0.29, 0.717) is 24.2 Å². The van der Waals surface area contributed by atoms with Gasteiger partial charge in [0.2, 0.25) is 0 Å². The first-order chi connectivity index (χ1) is 12.0. The lowest BCUT2D eigenvalue weighted by molar-refractivity contribution is 0.441. The Kier molecular flexibility index (Phi) is 5.81. The average Bonchev–Trinajstić information content (AvgIpc) is 2.55. The molecule has 5 heteroatoms. The number of hydrogen-bond donors (Lipinski definition) is 0. The molecule has 0 bridgehead atoms. The molecule has 1 aromatic heterocycles. The van der Waals surface area contributed by atoms with Crippen LogP contribution in [0.4, 0.5) is 4.39 Å². The van der Waals surface area contributed by atoms with Gasteiger partial charge in [-0.3, -0.25) is 0 Å². The zero-order valence-electron chi connectivity index (χ0n) is 16.8. The standard InChI is InChI=1S/C21H29FO3Si/c1-8-14-15(9-2)20(23)24-18(16-12-10-11-13-17(16)22)19(14)25-26(6,7)21(3,4)5/h10-13H,8-9H2,1-7H3. The highest BCUT2D eigenvalue weighted by Crippen LogP contribution is 2.42. The molecule has 2 rings (SSSR count). The van der Waals surface area contributed by atoms with Gasteiger partial charge in [-0.05, 0) is 43.1 Å². The van der Waals surface area contributed by atoms with Crippen LogP contribution in [-0.2, 0) is 12.8 Å². The Labute approximate surface area is 156 Å². The van der Waals surface area contributed by atoms with Crippen molar-refractivity contribution in [2.24, 2.45) is 0 Å². The molecule has 1 heterocycles. The highest BCUT2D eigenvalue weighted by atomic mass is 28.4. The van der Waals surface area contributed by atoms with Gasteiger partial charge in [0.25, 0.3) is 8.32 Å². The highest BCUT2D eigenvalue weighted by Gasteiger charge is 2.40. The number of hydrogen-bond acceptors (Lipinski definition) is 3. The molecule has 0 saturated heterocycles. The van der Waals surface area contributed by atoms with Crippen LogP contribution in [0.15, 0.2) is 33.5 Å². The average molecular weight is 377 g/mol. The van der Waals surface area contributed by atoms with Gasteiger partial charge in [-0.1, -0.05) is 46.8 Å². The maximum Gasteiger partial charge on any atom is 0.339 e. The molecule has 0 N–H and O–H groups in total. The second-order valence-electron chi connectivity index (χ2n) is 8.05. The molecule has 0 unspecified atom stereocenters. The number of halogens is 1. The summed E-state index contributed by atoms with van der Waals surface area (Å²) in [6.07, 6.45) is 1.18. The van der Waals surface area contributed by atoms with Crippen molar-refractivity contribution in [1.82, 2.24) is 0 Å². The van der Waals surface area contributed by atoms with Gasteiger partial charge in [0.15, 0.2) is 11.5 Å². The maximum absolute atomic E-state index is 14.5. The van der Waals surface area contributed by atoms with E-state index >= 15 is 0 Å². The lowest BCUT2D eigenvalue weighted by atomic mass is 10.0. The largest absolute Gasteiger partial charge is 0.541 e. The van der Waals surface area contributed by atoms with Crippen LogP contribution in [0.5, 0.6) is 5.75 Å². The van der Waals surface area contributed by atoms with Crippen molar-refractivity contribution in [3.8, 4) is 17.1 Å². The van der Waals surface area contributed by atoms with E-state index in [1.165, 1.54) is 6.07 Å². The first-order valence-electron chi connectivity index (χ1n) is 9.16. The van der Waals surface area contributed by atoms with Gasteiger partial charge >= 0.3 is 5.63 Å². The normalized spacial score (nSPS) is 12.3. The van der Waals surface area contributed by atoms with Gasteiger partial charge in [-0.15, -0.1) is 0 Å². The van der Waals surface area contributed by atoms with Crippen LogP contribution in [-0.4, -0.2) is 8.32 Å². The fourth-order valence-corrected chi connectivity index (χ4v) is 3.70. The first kappa shape index (κ1) is 20.4. The number of benzene rings is 1. The Hall–Kier alpha value is -1.88. The zero-order chi connectivity index (χ0) is 19.7. The van der Waals surface area contributed by atoms with Gasteiger partial charge in [0.05, 0.1) is 5.56 Å². The third-order valence-corrected chi connectivity index (χ3v) is 9.60. The summed E-state index contributed by atoms with van der Waals surface area (Å²) in [6.45, 7) is 14.6. The van der Waals surface area contributed by atoms with Crippen LogP contribution < -0.4 is 10.1 Å². The molecule has 0 aliphatic heterocycles. The van der Waals surface area contributed by atoms with Gasteiger partial charge in [0, 0.05) is 11.1 Å². The highest BCUT2D eigenvalue weighted by molar-refractivity contribution is 6.74. The molecule has 0 amide bonds. The van der Waals surface area contributed by atoms with Crippen LogP contribution in [0.25, 0.3) is 11.3 Å². The van der Waals surface area contributed by atoms with E-state index < -0.39 is 19.8 Å². The van der Waals surface area contributed by atoms with Crippen molar-refractivity contribution >= 4 is 8.32 Å². The summed E-state index contributed by atoms with van der Waals surface area (Å²) in [5.41, 5.74) is 1.29. The van der Waals surface area contributed by atoms with E-state index in [0.717, 1.165) is 5.56 Å². The summed E-state index contributed by atoms with van der Waals surface area (Å²) in [4.78, 5) is 12.5. The topological polar surface area (TPSA) is 39.4 Å². The van der Waals surface area contributed by atoms with E-state index in [1.807, 2.05) is 13.8 Å². The van der Waals surface area contributed by atoms with Gasteiger partial charge in [-0.25, -0.2) is 9.18 Å². The molecule has 142 valence electrons. The predicted octanol–water partition coefficient (Wildman–Crippen LogP) is 5.95.